The summed E-state index contributed by atoms with van der Waals surface area (Å²) in [4.78, 5) is 16.2. The van der Waals surface area contributed by atoms with E-state index in [-0.39, 0.29) is 17.3 Å². The van der Waals surface area contributed by atoms with Crippen molar-refractivity contribution >= 4 is 5.97 Å². The number of nitrogens with zero attached hydrogens (tertiary/aromatic N) is 1. The second kappa shape index (κ2) is 7.08. The molecule has 0 aromatic carbocycles. The fourth-order valence-corrected chi connectivity index (χ4v) is 3.04. The number of rotatable bonds is 7. The van der Waals surface area contributed by atoms with Crippen molar-refractivity contribution in [2.45, 2.75) is 47.0 Å². The second-order valence-corrected chi connectivity index (χ2v) is 7.05. The quantitative estimate of drug-likeness (QED) is 0.431. The van der Waals surface area contributed by atoms with Crippen molar-refractivity contribution in [3.8, 4) is 0 Å². The van der Waals surface area contributed by atoms with Gasteiger partial charge in [-0.15, -0.1) is 0 Å². The minimum Gasteiger partial charge on any atom is -0.465 e. The van der Waals surface area contributed by atoms with Crippen LogP contribution in [-0.2, 0) is 16.0 Å². The molecule has 1 fully saturated rings. The summed E-state index contributed by atoms with van der Waals surface area (Å²) in [6.07, 6.45) is 8.78. The highest BCUT2D eigenvalue weighted by atomic mass is 16.5. The molecule has 0 aliphatic heterocycles. The van der Waals surface area contributed by atoms with E-state index in [0.717, 1.165) is 19.3 Å². The Morgan fingerprint density at radius 1 is 1.27 bits per heavy atom. The van der Waals surface area contributed by atoms with Crippen LogP contribution in [0.1, 0.15) is 46.1 Å². The Hall–Kier alpha value is -1.64. The van der Waals surface area contributed by atoms with Gasteiger partial charge in [0.05, 0.1) is 12.5 Å². The summed E-state index contributed by atoms with van der Waals surface area (Å²) < 4.78 is 5.47. The van der Waals surface area contributed by atoms with Crippen LogP contribution in [0.5, 0.6) is 0 Å². The summed E-state index contributed by atoms with van der Waals surface area (Å²) in [5.74, 6) is 0.334. The maximum Gasteiger partial charge on any atom is 0.310 e. The number of aryl methyl sites for hydroxylation is 1. The smallest absolute Gasteiger partial charge is 0.310 e. The maximum absolute atomic E-state index is 12.2. The molecule has 0 bridgehead atoms. The van der Waals surface area contributed by atoms with Gasteiger partial charge in [0.15, 0.2) is 0 Å². The standard InChI is InChI=1S/C19H27NO2/c1-14(2)13-16-17(19(16,3)4)18(21)22-12-6-5-7-15-8-10-20-11-9-15/h8-11,13,16-17H,5-7,12H2,1-4H3. The molecule has 1 aromatic heterocycles. The SMILES string of the molecule is CC(C)=CC1C(C(=O)OCCCCc2ccncc2)C1(C)C. The van der Waals surface area contributed by atoms with E-state index in [4.69, 9.17) is 4.74 Å². The summed E-state index contributed by atoms with van der Waals surface area (Å²) in [5, 5.41) is 0. The van der Waals surface area contributed by atoms with E-state index in [1.54, 1.807) is 0 Å². The summed E-state index contributed by atoms with van der Waals surface area (Å²) in [6, 6.07) is 4.06. The van der Waals surface area contributed by atoms with Crippen LogP contribution in [0.2, 0.25) is 0 Å². The van der Waals surface area contributed by atoms with Crippen molar-refractivity contribution in [2.24, 2.45) is 17.3 Å². The predicted molar refractivity (Wildman–Crippen MR) is 88.3 cm³/mol. The summed E-state index contributed by atoms with van der Waals surface area (Å²) >= 11 is 0. The molecule has 2 rings (SSSR count). The summed E-state index contributed by atoms with van der Waals surface area (Å²) in [7, 11) is 0. The molecule has 2 atom stereocenters. The first kappa shape index (κ1) is 16.7. The molecule has 1 aliphatic rings. The molecule has 0 spiro atoms. The van der Waals surface area contributed by atoms with Crippen LogP contribution >= 0.6 is 0 Å². The number of ether oxygens (including phenoxy) is 1. The molecule has 3 nitrogen and oxygen atoms in total. The molecule has 0 N–H and O–H groups in total. The van der Waals surface area contributed by atoms with Crippen LogP contribution < -0.4 is 0 Å². The summed E-state index contributed by atoms with van der Waals surface area (Å²) in [6.45, 7) is 8.97. The lowest BCUT2D eigenvalue weighted by Gasteiger charge is -2.06. The lowest BCUT2D eigenvalue weighted by atomic mass is 10.1. The van der Waals surface area contributed by atoms with Gasteiger partial charge in [0.1, 0.15) is 0 Å². The molecule has 0 radical (unpaired) electrons. The minimum absolute atomic E-state index is 0.0302. The number of esters is 1. The fraction of sp³-hybridized carbons (Fsp3) is 0.579. The van der Waals surface area contributed by atoms with E-state index in [0.29, 0.717) is 12.5 Å². The number of aromatic nitrogens is 1. The van der Waals surface area contributed by atoms with Gasteiger partial charge in [-0.2, -0.15) is 0 Å². The first-order valence-corrected chi connectivity index (χ1v) is 8.13. The first-order valence-electron chi connectivity index (χ1n) is 8.13. The van der Waals surface area contributed by atoms with Gasteiger partial charge in [0.2, 0.25) is 0 Å². The van der Waals surface area contributed by atoms with Crippen LogP contribution in [0.4, 0.5) is 0 Å². The highest BCUT2D eigenvalue weighted by Crippen LogP contribution is 2.59. The summed E-state index contributed by atoms with van der Waals surface area (Å²) in [5.41, 5.74) is 2.60. The third-order valence-electron chi connectivity index (χ3n) is 4.53. The fourth-order valence-electron chi connectivity index (χ4n) is 3.04. The van der Waals surface area contributed by atoms with E-state index in [2.05, 4.69) is 38.8 Å². The number of hydrogen-bond acceptors (Lipinski definition) is 3. The zero-order valence-corrected chi connectivity index (χ0v) is 14.1. The number of carbonyl (C=O) groups is 1. The third kappa shape index (κ3) is 4.19. The van der Waals surface area contributed by atoms with Crippen molar-refractivity contribution in [1.82, 2.24) is 4.98 Å². The molecule has 1 heterocycles. The Morgan fingerprint density at radius 2 is 1.95 bits per heavy atom. The zero-order chi connectivity index (χ0) is 16.2. The van der Waals surface area contributed by atoms with Crippen LogP contribution in [0.3, 0.4) is 0 Å². The molecule has 1 aliphatic carbocycles. The van der Waals surface area contributed by atoms with Crippen molar-refractivity contribution in [2.75, 3.05) is 6.61 Å². The van der Waals surface area contributed by atoms with Crippen LogP contribution in [-0.4, -0.2) is 17.6 Å². The van der Waals surface area contributed by atoms with Crippen molar-refractivity contribution in [3.63, 3.8) is 0 Å². The minimum atomic E-state index is -0.0311. The molecular weight excluding hydrogens is 274 g/mol. The molecular formula is C19H27NO2. The molecule has 120 valence electrons. The van der Waals surface area contributed by atoms with E-state index in [1.165, 1.54) is 11.1 Å². The number of allylic oxidation sites excluding steroid dienone is 2. The van der Waals surface area contributed by atoms with Crippen molar-refractivity contribution < 1.29 is 9.53 Å². The Labute approximate surface area is 133 Å². The average Bonchev–Trinajstić information content (AvgIpc) is 2.99. The Balaban J connectivity index is 1.67. The number of pyridine rings is 1. The Morgan fingerprint density at radius 3 is 2.59 bits per heavy atom. The predicted octanol–water partition coefficient (Wildman–Crippen LogP) is 4.19. The second-order valence-electron chi connectivity index (χ2n) is 7.05. The maximum atomic E-state index is 12.2. The first-order chi connectivity index (χ1) is 10.4. The van der Waals surface area contributed by atoms with Crippen LogP contribution in [0, 0.1) is 17.3 Å². The number of carbonyl (C=O) groups excluding carboxylic acids is 1. The number of unbranched alkanes of at least 4 members (excludes halogenated alkanes) is 1. The van der Waals surface area contributed by atoms with Gasteiger partial charge >= 0.3 is 5.97 Å². The molecule has 2 unspecified atom stereocenters. The van der Waals surface area contributed by atoms with Crippen molar-refractivity contribution in [3.05, 3.63) is 41.7 Å². The lowest BCUT2D eigenvalue weighted by molar-refractivity contribution is -0.146. The Bertz CT molecular complexity index is 530. The van der Waals surface area contributed by atoms with Crippen LogP contribution in [0.25, 0.3) is 0 Å². The van der Waals surface area contributed by atoms with E-state index < -0.39 is 0 Å². The highest BCUT2D eigenvalue weighted by molar-refractivity contribution is 5.78. The zero-order valence-electron chi connectivity index (χ0n) is 14.1. The molecule has 0 saturated heterocycles. The van der Waals surface area contributed by atoms with Gasteiger partial charge in [0, 0.05) is 12.4 Å². The van der Waals surface area contributed by atoms with Crippen LogP contribution in [0.15, 0.2) is 36.2 Å². The van der Waals surface area contributed by atoms with Gasteiger partial charge in [-0.05, 0) is 62.1 Å². The van der Waals surface area contributed by atoms with Gasteiger partial charge in [-0.1, -0.05) is 25.5 Å². The normalized spacial score (nSPS) is 22.0. The van der Waals surface area contributed by atoms with E-state index >= 15 is 0 Å². The number of hydrogen-bond donors (Lipinski definition) is 0. The van der Waals surface area contributed by atoms with Gasteiger partial charge in [-0.3, -0.25) is 9.78 Å². The van der Waals surface area contributed by atoms with Gasteiger partial charge in [-0.25, -0.2) is 0 Å². The van der Waals surface area contributed by atoms with Gasteiger partial charge in [0.25, 0.3) is 0 Å². The molecule has 1 saturated carbocycles. The topological polar surface area (TPSA) is 39.2 Å². The van der Waals surface area contributed by atoms with Crippen molar-refractivity contribution in [1.29, 1.82) is 0 Å². The third-order valence-corrected chi connectivity index (χ3v) is 4.53. The monoisotopic (exact) mass is 301 g/mol. The highest BCUT2D eigenvalue weighted by Gasteiger charge is 2.61. The lowest BCUT2D eigenvalue weighted by Crippen LogP contribution is -2.11. The van der Waals surface area contributed by atoms with Gasteiger partial charge < -0.3 is 4.74 Å². The average molecular weight is 301 g/mol. The molecule has 22 heavy (non-hydrogen) atoms. The molecule has 0 amide bonds. The largest absolute Gasteiger partial charge is 0.465 e. The van der Waals surface area contributed by atoms with E-state index in [1.807, 2.05) is 24.5 Å². The van der Waals surface area contributed by atoms with E-state index in [9.17, 15) is 4.79 Å². The molecule has 1 aromatic rings. The molecule has 3 heteroatoms. The Kier molecular flexibility index (Phi) is 5.38.